The summed E-state index contributed by atoms with van der Waals surface area (Å²) in [5.74, 6) is -2.42. The van der Waals surface area contributed by atoms with E-state index in [1.807, 2.05) is 21.0 Å². The molecule has 12 nitrogen and oxygen atoms in total. The number of hydrogen-bond donors (Lipinski definition) is 10. The van der Waals surface area contributed by atoms with Crippen molar-refractivity contribution in [1.29, 1.82) is 0 Å². The fraction of sp³-hybridized carbons (Fsp3) is 1.00. The van der Waals surface area contributed by atoms with Gasteiger partial charge in [0.25, 0.3) is 5.92 Å². The Kier molecular flexibility index (Phi) is 53.6. The van der Waals surface area contributed by atoms with Gasteiger partial charge in [-0.3, -0.25) is 0 Å². The van der Waals surface area contributed by atoms with E-state index in [4.69, 9.17) is 14.6 Å². The highest BCUT2D eigenvalue weighted by molar-refractivity contribution is 5.86. The highest BCUT2D eigenvalue weighted by Gasteiger charge is 2.36. The number of ether oxygens (including phenoxy) is 2. The fourth-order valence-electron chi connectivity index (χ4n) is 4.05. The fourth-order valence-corrected chi connectivity index (χ4v) is 4.05. The van der Waals surface area contributed by atoms with Crippen molar-refractivity contribution in [3.8, 4) is 0 Å². The van der Waals surface area contributed by atoms with Gasteiger partial charge in [-0.25, -0.2) is 13.2 Å². The number of alkyl halides is 3. The summed E-state index contributed by atoms with van der Waals surface area (Å²) < 4.78 is 45.3. The van der Waals surface area contributed by atoms with Crippen molar-refractivity contribution in [2.75, 3.05) is 133 Å². The second-order valence-corrected chi connectivity index (χ2v) is 15.0. The van der Waals surface area contributed by atoms with E-state index in [9.17, 15) is 13.2 Å². The van der Waals surface area contributed by atoms with Crippen LogP contribution in [0.2, 0.25) is 0 Å². The molecule has 0 radical (unpaired) electrons. The molecule has 0 unspecified atom stereocenters. The first-order valence-electron chi connectivity index (χ1n) is 18.5. The van der Waals surface area contributed by atoms with Crippen LogP contribution in [0.25, 0.3) is 0 Å². The van der Waals surface area contributed by atoms with E-state index in [-0.39, 0.29) is 98.6 Å². The van der Waals surface area contributed by atoms with E-state index in [0.29, 0.717) is 31.2 Å². The first kappa shape index (κ1) is 70.6. The molecule has 55 heavy (non-hydrogen) atoms. The van der Waals surface area contributed by atoms with Gasteiger partial charge in [-0.1, -0.05) is 13.8 Å². The molecule has 8 aliphatic heterocycles. The Hall–Kier alpha value is 1.05. The highest BCUT2D eigenvalue weighted by Crippen LogP contribution is 2.20. The molecule has 8 aliphatic rings. The molecule has 21 heteroatoms. The van der Waals surface area contributed by atoms with E-state index >= 15 is 0 Å². The monoisotopic (exact) mass is 931 g/mol. The van der Waals surface area contributed by atoms with Crippen molar-refractivity contribution < 1.29 is 80.9 Å². The van der Waals surface area contributed by atoms with Crippen LogP contribution in [0.3, 0.4) is 0 Å². The molecule has 13 N–H and O–H groups in total. The second kappa shape index (κ2) is 41.8. The number of halogens is 9. The van der Waals surface area contributed by atoms with Crippen molar-refractivity contribution in [1.82, 2.24) is 31.9 Å². The van der Waals surface area contributed by atoms with Gasteiger partial charge in [0.2, 0.25) is 0 Å². The van der Waals surface area contributed by atoms with E-state index < -0.39 is 12.1 Å². The molecule has 8 heterocycles. The smallest absolute Gasteiger partial charge is 0.261 e. The van der Waals surface area contributed by atoms with Crippen LogP contribution >= 0.6 is 37.2 Å². The molecular weight excluding hydrogens is 852 g/mol. The highest BCUT2D eigenvalue weighted by atomic mass is 35.5. The number of quaternary nitrogens is 3. The van der Waals surface area contributed by atoms with E-state index in [1.54, 1.807) is 14.2 Å². The summed E-state index contributed by atoms with van der Waals surface area (Å²) in [6, 6.07) is 0. The summed E-state index contributed by atoms with van der Waals surface area (Å²) in [4.78, 5) is 0. The molecule has 0 saturated carbocycles. The minimum absolute atomic E-state index is 0. The Balaban J connectivity index is -0.0000000937. The molecule has 344 valence electrons. The van der Waals surface area contributed by atoms with Crippen LogP contribution in [0.1, 0.15) is 53.4 Å². The van der Waals surface area contributed by atoms with Gasteiger partial charge < -0.3 is 99.7 Å². The number of nitrogens with one attached hydrogen (secondary N) is 6. The Morgan fingerprint density at radius 2 is 1.04 bits per heavy atom. The maximum absolute atomic E-state index is 11.9. The van der Waals surface area contributed by atoms with E-state index in [0.717, 1.165) is 39.3 Å². The Morgan fingerprint density at radius 3 is 1.07 bits per heavy atom. The Labute approximate surface area is 369 Å². The van der Waals surface area contributed by atoms with Crippen LogP contribution in [0, 0.1) is 5.41 Å². The minimum atomic E-state index is -2.42. The molecular formula is C34H82Cl6F3N9O3. The topological polar surface area (TPSA) is 161 Å². The average Bonchev–Trinajstić information content (AvgIpc) is 3.65. The van der Waals surface area contributed by atoms with Crippen LogP contribution in [0.4, 0.5) is 13.2 Å². The van der Waals surface area contributed by atoms with Crippen LogP contribution in [-0.2, 0) is 9.47 Å². The minimum Gasteiger partial charge on any atom is -1.00 e. The lowest BCUT2D eigenvalue weighted by Gasteiger charge is -2.35. The predicted molar refractivity (Wildman–Crippen MR) is 215 cm³/mol. The number of nitrogens with two attached hydrogens (primary N) is 3. The molecule has 0 aromatic heterocycles. The van der Waals surface area contributed by atoms with E-state index in [1.165, 1.54) is 58.5 Å². The summed E-state index contributed by atoms with van der Waals surface area (Å²) >= 11 is 0. The third-order valence-electron chi connectivity index (χ3n) is 8.65. The van der Waals surface area contributed by atoms with Crippen LogP contribution in [0.15, 0.2) is 0 Å². The van der Waals surface area contributed by atoms with Crippen molar-refractivity contribution in [2.24, 2.45) is 5.41 Å². The summed E-state index contributed by atoms with van der Waals surface area (Å²) in [7, 11) is 7.26. The third-order valence-corrected chi connectivity index (χ3v) is 8.65. The van der Waals surface area contributed by atoms with Gasteiger partial charge in [0.15, 0.2) is 11.2 Å². The number of rotatable bonds is 2. The third kappa shape index (κ3) is 43.0. The predicted octanol–water partition coefficient (Wildman–Crippen LogP) is -10.5. The lowest BCUT2D eigenvalue weighted by atomic mass is 9.87. The van der Waals surface area contributed by atoms with Crippen LogP contribution in [-0.4, -0.2) is 168 Å². The van der Waals surface area contributed by atoms with Gasteiger partial charge in [-0.15, -0.1) is 37.2 Å². The summed E-state index contributed by atoms with van der Waals surface area (Å²) in [6.07, 6.45) is 4.19. The van der Waals surface area contributed by atoms with Crippen molar-refractivity contribution in [3.63, 3.8) is 0 Å². The van der Waals surface area contributed by atoms with Gasteiger partial charge >= 0.3 is 0 Å². The number of hydrogen-bond acceptors (Lipinski definition) is 9. The second-order valence-electron chi connectivity index (χ2n) is 15.0. The maximum Gasteiger partial charge on any atom is 0.261 e. The van der Waals surface area contributed by atoms with Crippen LogP contribution in [0.5, 0.6) is 0 Å². The normalized spacial score (nSPS) is 22.5. The van der Waals surface area contributed by atoms with Gasteiger partial charge in [0, 0.05) is 72.9 Å². The average molecular weight is 935 g/mol. The summed E-state index contributed by atoms with van der Waals surface area (Å²) in [5.41, 5.74) is 0.486. The lowest BCUT2D eigenvalue weighted by molar-refractivity contribution is -0.741. The zero-order valence-corrected chi connectivity index (χ0v) is 39.5. The molecule has 0 bridgehead atoms. The van der Waals surface area contributed by atoms with E-state index in [2.05, 4.69) is 68.6 Å². The largest absolute Gasteiger partial charge is 1.00 e. The van der Waals surface area contributed by atoms with Gasteiger partial charge in [0.1, 0.15) is 32.4 Å². The molecule has 0 aliphatic carbocycles. The van der Waals surface area contributed by atoms with Gasteiger partial charge in [-0.05, 0) is 59.3 Å². The molecule has 0 atom stereocenters. The first-order valence-corrected chi connectivity index (χ1v) is 18.5. The zero-order valence-electron chi connectivity index (χ0n) is 34.8. The van der Waals surface area contributed by atoms with Crippen molar-refractivity contribution >= 4 is 37.2 Å². The molecule has 0 aromatic carbocycles. The molecule has 8 saturated heterocycles. The Morgan fingerprint density at radius 1 is 0.655 bits per heavy atom. The summed E-state index contributed by atoms with van der Waals surface area (Å²) in [5, 5.41) is 33.1. The summed E-state index contributed by atoms with van der Waals surface area (Å²) in [6.45, 7) is 23.7. The maximum atomic E-state index is 11.9. The zero-order chi connectivity index (χ0) is 37.1. The van der Waals surface area contributed by atoms with Gasteiger partial charge in [0.05, 0.1) is 25.7 Å². The number of aliphatic hydroxyl groups is 1. The standard InChI is InChI=1S/C5H11NO.C5H11N.C4H7F2N.2C4H9NO.C4H9N.C3H6FN.C3H7N.C2H7N.6ClH/c1-5(7-2)3-6-4-5;1-5(2)3-6-4-5;5-4(6)1-2-7-3-4;1-6-4-2-5-3-4;1-4(6)2-5-3-4;1-2-4-5-3-1;4-3-1-5-2-3;1-2-4-3-1;1-3-2;;;;;;/h6H,3-4H2,1-2H3;6H,3-4H2,1-2H3;7H,1-3H2;4-5H,2-3H2,1H3;5-6H,2-3H2,1H3;5H,1-4H2;3,5H,1-2H2;4H,1-3H2;3H,1-2H3;6*1H. The van der Waals surface area contributed by atoms with Crippen LogP contribution < -0.4 is 85.1 Å². The molecule has 0 amide bonds. The number of methoxy groups -OCH3 is 2. The van der Waals surface area contributed by atoms with Crippen molar-refractivity contribution in [2.45, 2.75) is 82.8 Å². The molecule has 8 fully saturated rings. The molecule has 8 rings (SSSR count). The quantitative estimate of drug-likeness (QED) is 0.130. The van der Waals surface area contributed by atoms with Gasteiger partial charge in [-0.2, -0.15) is 0 Å². The SMILES string of the molecule is C1CCNC1.C1C[NH2+]C1.CC1(C)CNC1.CC1(O)C[NH2+]C1.CNC.COC1(C)C[NH2+]C1.COC1CNC1.Cl.Cl.Cl.FC1(F)CCNC1.FC1CNC1.[Cl-].[Cl-].[Cl-]. The lowest BCUT2D eigenvalue weighted by Crippen LogP contribution is -3.02. The Bertz CT molecular complexity index is 723. The molecule has 0 aromatic rings. The first-order chi connectivity index (χ1) is 23.1. The van der Waals surface area contributed by atoms with Crippen molar-refractivity contribution in [3.05, 3.63) is 0 Å². The molecule has 0 spiro atoms.